The highest BCUT2D eigenvalue weighted by Crippen LogP contribution is 2.19. The molecule has 0 N–H and O–H groups in total. The van der Waals surface area contributed by atoms with Crippen LogP contribution < -0.4 is 0 Å². The van der Waals surface area contributed by atoms with Crippen LogP contribution in [-0.4, -0.2) is 63.9 Å². The highest BCUT2D eigenvalue weighted by atomic mass is 16.6. The van der Waals surface area contributed by atoms with Crippen LogP contribution in [0.2, 0.25) is 0 Å². The second-order valence-electron chi connectivity index (χ2n) is 14.8. The zero-order valence-corrected chi connectivity index (χ0v) is 30.8. The normalized spacial score (nSPS) is 12.5. The van der Waals surface area contributed by atoms with Crippen LogP contribution in [-0.2, 0) is 14.2 Å². The highest BCUT2D eigenvalue weighted by Gasteiger charge is 2.35. The van der Waals surface area contributed by atoms with E-state index < -0.39 is 35.1 Å². The van der Waals surface area contributed by atoms with E-state index in [4.69, 9.17) is 14.2 Å². The van der Waals surface area contributed by atoms with Gasteiger partial charge < -0.3 is 14.2 Å². The molecule has 0 unspecified atom stereocenters. The fourth-order valence-electron chi connectivity index (χ4n) is 3.62. The third kappa shape index (κ3) is 21.1. The van der Waals surface area contributed by atoms with Crippen LogP contribution in [0.3, 0.4) is 0 Å². The predicted molar refractivity (Wildman–Crippen MR) is 184 cm³/mol. The van der Waals surface area contributed by atoms with Gasteiger partial charge in [0.2, 0.25) is 5.96 Å². The number of guanidine groups is 1. The largest absolute Gasteiger partial charge is 0.443 e. The lowest BCUT2D eigenvalue weighted by molar-refractivity contribution is 0.0296. The van der Waals surface area contributed by atoms with Crippen LogP contribution in [0.15, 0.2) is 51.6 Å². The van der Waals surface area contributed by atoms with E-state index in [9.17, 15) is 14.4 Å². The Morgan fingerprint density at radius 2 is 0.889 bits per heavy atom. The van der Waals surface area contributed by atoms with Crippen molar-refractivity contribution in [3.63, 3.8) is 0 Å². The quantitative estimate of drug-likeness (QED) is 0.103. The van der Waals surface area contributed by atoms with Gasteiger partial charge in [-0.1, -0.05) is 46.6 Å². The van der Waals surface area contributed by atoms with Gasteiger partial charge in [-0.3, -0.25) is 0 Å². The molecule has 0 rings (SSSR count). The fourth-order valence-corrected chi connectivity index (χ4v) is 3.62. The summed E-state index contributed by atoms with van der Waals surface area (Å²) in [6, 6.07) is 0. The summed E-state index contributed by atoms with van der Waals surface area (Å²) in [6.45, 7) is 27.8. The minimum absolute atomic E-state index is 0.000233. The van der Waals surface area contributed by atoms with Crippen molar-refractivity contribution in [2.24, 2.45) is 4.99 Å². The zero-order valence-electron chi connectivity index (χ0n) is 30.8. The van der Waals surface area contributed by atoms with Gasteiger partial charge in [-0.2, -0.15) is 0 Å². The Morgan fingerprint density at radius 1 is 0.556 bits per heavy atom. The summed E-state index contributed by atoms with van der Waals surface area (Å²) in [5.74, 6) is -0.241. The van der Waals surface area contributed by atoms with E-state index in [1.165, 1.54) is 20.9 Å². The molecule has 256 valence electrons. The van der Waals surface area contributed by atoms with E-state index in [1.807, 2.05) is 53.7 Å². The van der Waals surface area contributed by atoms with Gasteiger partial charge in [0.15, 0.2) is 0 Å². The number of aliphatic imine (C=N–C) groups is 1. The molecule has 0 atom stereocenters. The lowest BCUT2D eigenvalue weighted by Gasteiger charge is -2.33. The Hall–Kier alpha value is -3.36. The first-order valence-corrected chi connectivity index (χ1v) is 15.8. The van der Waals surface area contributed by atoms with E-state index in [-0.39, 0.29) is 19.0 Å². The van der Waals surface area contributed by atoms with Crippen molar-refractivity contribution in [2.45, 2.75) is 146 Å². The van der Waals surface area contributed by atoms with Crippen molar-refractivity contribution >= 4 is 24.2 Å². The predicted octanol–water partition coefficient (Wildman–Crippen LogP) is 10.1. The summed E-state index contributed by atoms with van der Waals surface area (Å²) < 4.78 is 17.0. The van der Waals surface area contributed by atoms with E-state index in [1.54, 1.807) is 62.3 Å². The average molecular weight is 632 g/mol. The molecule has 0 aliphatic rings. The molecule has 0 bridgehead atoms. The monoisotopic (exact) mass is 631 g/mol. The fraction of sp³-hybridized carbons (Fsp3) is 0.667. The van der Waals surface area contributed by atoms with Crippen molar-refractivity contribution in [2.75, 3.05) is 13.1 Å². The number of nitrogens with zero attached hydrogens (tertiary/aromatic N) is 3. The van der Waals surface area contributed by atoms with Crippen molar-refractivity contribution in [3.8, 4) is 0 Å². The van der Waals surface area contributed by atoms with Crippen molar-refractivity contribution in [1.82, 2.24) is 9.80 Å². The van der Waals surface area contributed by atoms with E-state index >= 15 is 0 Å². The van der Waals surface area contributed by atoms with Gasteiger partial charge in [0.05, 0.1) is 13.1 Å². The molecule has 0 fully saturated rings. The maximum absolute atomic E-state index is 13.8. The molecular weight excluding hydrogens is 570 g/mol. The molecule has 9 heteroatoms. The second-order valence-corrected chi connectivity index (χ2v) is 14.8. The molecule has 45 heavy (non-hydrogen) atoms. The van der Waals surface area contributed by atoms with Crippen LogP contribution in [0, 0.1) is 0 Å². The molecule has 0 radical (unpaired) electrons. The minimum Gasteiger partial charge on any atom is -0.443 e. The van der Waals surface area contributed by atoms with Crippen LogP contribution in [0.5, 0.6) is 0 Å². The molecule has 0 aliphatic carbocycles. The highest BCUT2D eigenvalue weighted by molar-refractivity contribution is 6.05. The lowest BCUT2D eigenvalue weighted by atomic mass is 10.1. The van der Waals surface area contributed by atoms with Crippen molar-refractivity contribution < 1.29 is 28.6 Å². The summed E-state index contributed by atoms with van der Waals surface area (Å²) in [7, 11) is 0. The van der Waals surface area contributed by atoms with Crippen LogP contribution in [0.1, 0.15) is 130 Å². The first kappa shape index (κ1) is 41.6. The van der Waals surface area contributed by atoms with Gasteiger partial charge in [-0.25, -0.2) is 24.2 Å². The van der Waals surface area contributed by atoms with Gasteiger partial charge in [0.1, 0.15) is 16.8 Å². The summed E-state index contributed by atoms with van der Waals surface area (Å²) in [6.07, 6.45) is 8.80. The SMILES string of the molecule is CC(C)=CCC/C(C)=C/CN(C(=O)OC(C)(C)C)C(=NC(=O)OC(C)(C)C)N(C/C=C(\C)CCC=C(C)C)C(=O)OC(C)(C)C. The Bertz CT molecular complexity index is 1070. The molecule has 3 amide bonds. The molecular formula is C36H61N3O6. The van der Waals surface area contributed by atoms with Gasteiger partial charge >= 0.3 is 18.3 Å². The molecule has 0 saturated carbocycles. The Balaban J connectivity index is 7.16. The number of rotatable bonds is 10. The number of hydrogen-bond acceptors (Lipinski definition) is 6. The molecule has 9 nitrogen and oxygen atoms in total. The van der Waals surface area contributed by atoms with Crippen molar-refractivity contribution in [3.05, 3.63) is 46.6 Å². The Kier molecular flexibility index (Phi) is 17.2. The molecule has 0 aliphatic heterocycles. The molecule has 0 aromatic carbocycles. The van der Waals surface area contributed by atoms with Crippen LogP contribution in [0.4, 0.5) is 14.4 Å². The van der Waals surface area contributed by atoms with E-state index in [2.05, 4.69) is 17.1 Å². The molecule has 0 aromatic rings. The molecule has 0 heterocycles. The molecule has 0 spiro atoms. The summed E-state index contributed by atoms with van der Waals surface area (Å²) in [5, 5.41) is 0. The molecule has 0 saturated heterocycles. The van der Waals surface area contributed by atoms with Crippen molar-refractivity contribution in [1.29, 1.82) is 0 Å². The van der Waals surface area contributed by atoms with E-state index in [0.29, 0.717) is 0 Å². The smallest absolute Gasteiger partial charge is 0.437 e. The first-order valence-electron chi connectivity index (χ1n) is 15.8. The van der Waals surface area contributed by atoms with Gasteiger partial charge in [-0.05, 0) is 130 Å². The average Bonchev–Trinajstić information content (AvgIpc) is 2.80. The number of allylic oxidation sites excluding steroid dienone is 6. The topological polar surface area (TPSA) is 97.7 Å². The van der Waals surface area contributed by atoms with Gasteiger partial charge in [0.25, 0.3) is 0 Å². The lowest BCUT2D eigenvalue weighted by Crippen LogP contribution is -2.52. The van der Waals surface area contributed by atoms with E-state index in [0.717, 1.165) is 36.8 Å². The maximum Gasteiger partial charge on any atom is 0.437 e. The number of amides is 3. The zero-order chi connectivity index (χ0) is 35.2. The summed E-state index contributed by atoms with van der Waals surface area (Å²) in [4.78, 5) is 47.3. The standard InChI is InChI=1S/C36H61N3O6/c1-26(2)18-16-20-28(5)22-24-38(32(41)44-35(10,11)12)30(37-31(40)43-34(7,8)9)39(33(42)45-36(13,14)15)25-23-29(6)21-17-19-27(3)4/h18-19,22-23H,16-17,20-21,24-25H2,1-15H3/b28-22+,29-23+. The second kappa shape index (κ2) is 18.6. The van der Waals surface area contributed by atoms with Crippen LogP contribution in [0.25, 0.3) is 0 Å². The van der Waals surface area contributed by atoms with Gasteiger partial charge in [0, 0.05) is 0 Å². The minimum atomic E-state index is -0.951. The number of carbonyl (C=O) groups is 3. The Morgan fingerprint density at radius 3 is 1.18 bits per heavy atom. The van der Waals surface area contributed by atoms with Gasteiger partial charge in [-0.15, -0.1) is 4.99 Å². The Labute approximate surface area is 273 Å². The third-order valence-corrected chi connectivity index (χ3v) is 5.72. The first-order chi connectivity index (χ1) is 20.4. The maximum atomic E-state index is 13.8. The molecule has 0 aromatic heterocycles. The van der Waals surface area contributed by atoms with Crippen LogP contribution >= 0.6 is 0 Å². The number of carbonyl (C=O) groups excluding carboxylic acids is 3. The summed E-state index contributed by atoms with van der Waals surface area (Å²) >= 11 is 0. The summed E-state index contributed by atoms with van der Waals surface area (Å²) in [5.41, 5.74) is 1.93. The number of ether oxygens (including phenoxy) is 3. The third-order valence-electron chi connectivity index (χ3n) is 5.72. The number of hydrogen-bond donors (Lipinski definition) is 0.